The van der Waals surface area contributed by atoms with E-state index >= 15 is 0 Å². The number of carbonyl (C=O) groups excluding carboxylic acids is 1. The van der Waals surface area contributed by atoms with Crippen LogP contribution in [0.15, 0.2) is 24.3 Å². The van der Waals surface area contributed by atoms with Crippen molar-refractivity contribution in [1.82, 2.24) is 4.90 Å². The quantitative estimate of drug-likeness (QED) is 0.828. The number of carbonyl (C=O) groups is 1. The summed E-state index contributed by atoms with van der Waals surface area (Å²) in [5.41, 5.74) is 1.15. The van der Waals surface area contributed by atoms with Crippen LogP contribution in [-0.4, -0.2) is 44.2 Å². The summed E-state index contributed by atoms with van der Waals surface area (Å²) < 4.78 is 10.8. The Morgan fingerprint density at radius 1 is 1.40 bits per heavy atom. The molecular formula is C16H23NO3. The smallest absolute Gasteiger partial charge is 0.248 e. The molecule has 1 amide bonds. The molecule has 0 aliphatic carbocycles. The molecular weight excluding hydrogens is 254 g/mol. The summed E-state index contributed by atoms with van der Waals surface area (Å²) in [6, 6.07) is 8.03. The van der Waals surface area contributed by atoms with Gasteiger partial charge in [0.1, 0.15) is 12.4 Å². The van der Waals surface area contributed by atoms with Crippen LogP contribution >= 0.6 is 0 Å². The van der Waals surface area contributed by atoms with Crippen LogP contribution in [-0.2, 0) is 9.53 Å². The lowest BCUT2D eigenvalue weighted by atomic mass is 9.99. The van der Waals surface area contributed by atoms with Crippen molar-refractivity contribution in [3.63, 3.8) is 0 Å². The predicted octanol–water partition coefficient (Wildman–Crippen LogP) is 2.26. The molecule has 1 aliphatic heterocycles. The van der Waals surface area contributed by atoms with Gasteiger partial charge in [0.25, 0.3) is 0 Å². The SMILES string of the molecule is COCC(=O)N1CCC[C@H](COc2ccccc2C)C1. The van der Waals surface area contributed by atoms with Crippen LogP contribution in [0.5, 0.6) is 5.75 Å². The first-order chi connectivity index (χ1) is 9.70. The summed E-state index contributed by atoms with van der Waals surface area (Å²) in [6.45, 7) is 4.49. The number of para-hydroxylation sites is 1. The molecule has 0 spiro atoms. The fraction of sp³-hybridized carbons (Fsp3) is 0.562. The minimum absolute atomic E-state index is 0.0769. The van der Waals surface area contributed by atoms with Crippen LogP contribution < -0.4 is 4.74 Å². The Kier molecular flexibility index (Phi) is 5.41. The number of methoxy groups -OCH3 is 1. The van der Waals surface area contributed by atoms with E-state index in [1.165, 1.54) is 0 Å². The second-order valence-corrected chi connectivity index (χ2v) is 5.36. The molecule has 0 N–H and O–H groups in total. The molecule has 1 saturated heterocycles. The van der Waals surface area contributed by atoms with Crippen molar-refractivity contribution in [1.29, 1.82) is 0 Å². The van der Waals surface area contributed by atoms with Crippen molar-refractivity contribution < 1.29 is 14.3 Å². The van der Waals surface area contributed by atoms with Crippen LogP contribution in [0, 0.1) is 12.8 Å². The van der Waals surface area contributed by atoms with Gasteiger partial charge >= 0.3 is 0 Å². The maximum absolute atomic E-state index is 11.8. The standard InChI is InChI=1S/C16H23NO3/c1-13-6-3-4-8-15(13)20-11-14-7-5-9-17(10-14)16(18)12-19-2/h3-4,6,8,14H,5,7,9-12H2,1-2H3/t14-/m0/s1. The Morgan fingerprint density at radius 2 is 2.20 bits per heavy atom. The zero-order chi connectivity index (χ0) is 14.4. The maximum atomic E-state index is 11.8. The number of ether oxygens (including phenoxy) is 2. The maximum Gasteiger partial charge on any atom is 0.248 e. The van der Waals surface area contributed by atoms with Gasteiger partial charge in [0.2, 0.25) is 5.91 Å². The number of nitrogens with zero attached hydrogens (tertiary/aromatic N) is 1. The molecule has 4 heteroatoms. The summed E-state index contributed by atoms with van der Waals surface area (Å²) in [5.74, 6) is 1.42. The fourth-order valence-electron chi connectivity index (χ4n) is 2.57. The van der Waals surface area contributed by atoms with Crippen LogP contribution in [0.25, 0.3) is 0 Å². The Bertz CT molecular complexity index is 447. The van der Waals surface area contributed by atoms with E-state index in [0.717, 1.165) is 37.2 Å². The molecule has 1 heterocycles. The van der Waals surface area contributed by atoms with Gasteiger partial charge in [-0.3, -0.25) is 4.79 Å². The number of hydrogen-bond donors (Lipinski definition) is 0. The third-order valence-corrected chi connectivity index (χ3v) is 3.71. The first-order valence-corrected chi connectivity index (χ1v) is 7.16. The summed E-state index contributed by atoms with van der Waals surface area (Å²) in [6.07, 6.45) is 2.15. The first-order valence-electron chi connectivity index (χ1n) is 7.16. The molecule has 2 rings (SSSR count). The van der Waals surface area contributed by atoms with Crippen LogP contribution in [0.4, 0.5) is 0 Å². The topological polar surface area (TPSA) is 38.8 Å². The molecule has 110 valence electrons. The highest BCUT2D eigenvalue weighted by Crippen LogP contribution is 2.21. The summed E-state index contributed by atoms with van der Waals surface area (Å²) >= 11 is 0. The number of likely N-dealkylation sites (tertiary alicyclic amines) is 1. The third-order valence-electron chi connectivity index (χ3n) is 3.71. The normalized spacial score (nSPS) is 18.9. The minimum Gasteiger partial charge on any atom is -0.493 e. The van der Waals surface area contributed by atoms with Crippen molar-refractivity contribution in [2.45, 2.75) is 19.8 Å². The Morgan fingerprint density at radius 3 is 2.95 bits per heavy atom. The molecule has 1 fully saturated rings. The zero-order valence-electron chi connectivity index (χ0n) is 12.3. The average Bonchev–Trinajstić information content (AvgIpc) is 2.47. The van der Waals surface area contributed by atoms with E-state index < -0.39 is 0 Å². The van der Waals surface area contributed by atoms with E-state index in [2.05, 4.69) is 0 Å². The third kappa shape index (κ3) is 3.97. The lowest BCUT2D eigenvalue weighted by Gasteiger charge is -2.32. The number of aryl methyl sites for hydroxylation is 1. The molecule has 1 atom stereocenters. The van der Waals surface area contributed by atoms with E-state index in [1.807, 2.05) is 36.1 Å². The first kappa shape index (κ1) is 14.9. The van der Waals surface area contributed by atoms with Gasteiger partial charge in [-0.1, -0.05) is 18.2 Å². The number of hydrogen-bond acceptors (Lipinski definition) is 3. The van der Waals surface area contributed by atoms with Crippen molar-refractivity contribution in [2.24, 2.45) is 5.92 Å². The molecule has 0 bridgehead atoms. The average molecular weight is 277 g/mol. The van der Waals surface area contributed by atoms with Gasteiger partial charge < -0.3 is 14.4 Å². The Hall–Kier alpha value is -1.55. The van der Waals surface area contributed by atoms with Gasteiger partial charge in [-0.15, -0.1) is 0 Å². The minimum atomic E-state index is 0.0769. The molecule has 0 saturated carbocycles. The highest BCUT2D eigenvalue weighted by Gasteiger charge is 2.23. The molecule has 0 radical (unpaired) electrons. The number of amides is 1. The number of benzene rings is 1. The number of rotatable bonds is 5. The van der Waals surface area contributed by atoms with E-state index in [0.29, 0.717) is 12.5 Å². The van der Waals surface area contributed by atoms with Crippen molar-refractivity contribution >= 4 is 5.91 Å². The molecule has 20 heavy (non-hydrogen) atoms. The fourth-order valence-corrected chi connectivity index (χ4v) is 2.57. The number of piperidine rings is 1. The van der Waals surface area contributed by atoms with Gasteiger partial charge in [0.05, 0.1) is 6.61 Å². The van der Waals surface area contributed by atoms with Gasteiger partial charge in [0, 0.05) is 26.1 Å². The summed E-state index contributed by atoms with van der Waals surface area (Å²) in [5, 5.41) is 0. The van der Waals surface area contributed by atoms with Crippen LogP contribution in [0.2, 0.25) is 0 Å². The highest BCUT2D eigenvalue weighted by atomic mass is 16.5. The lowest BCUT2D eigenvalue weighted by Crippen LogP contribution is -2.43. The van der Waals surface area contributed by atoms with Crippen molar-refractivity contribution in [3.8, 4) is 5.75 Å². The van der Waals surface area contributed by atoms with Gasteiger partial charge in [0.15, 0.2) is 0 Å². The summed E-state index contributed by atoms with van der Waals surface area (Å²) in [7, 11) is 1.56. The van der Waals surface area contributed by atoms with Crippen molar-refractivity contribution in [3.05, 3.63) is 29.8 Å². The molecule has 1 aliphatic rings. The van der Waals surface area contributed by atoms with Crippen LogP contribution in [0.1, 0.15) is 18.4 Å². The van der Waals surface area contributed by atoms with Gasteiger partial charge in [-0.2, -0.15) is 0 Å². The molecule has 4 nitrogen and oxygen atoms in total. The van der Waals surface area contributed by atoms with E-state index in [1.54, 1.807) is 7.11 Å². The van der Waals surface area contributed by atoms with Gasteiger partial charge in [-0.05, 0) is 31.4 Å². The second-order valence-electron chi connectivity index (χ2n) is 5.36. The monoisotopic (exact) mass is 277 g/mol. The van der Waals surface area contributed by atoms with E-state index in [-0.39, 0.29) is 12.5 Å². The van der Waals surface area contributed by atoms with Crippen LogP contribution in [0.3, 0.4) is 0 Å². The Balaban J connectivity index is 1.84. The van der Waals surface area contributed by atoms with Crippen molar-refractivity contribution in [2.75, 3.05) is 33.4 Å². The Labute approximate surface area is 120 Å². The summed E-state index contributed by atoms with van der Waals surface area (Å²) in [4.78, 5) is 13.7. The highest BCUT2D eigenvalue weighted by molar-refractivity contribution is 5.77. The lowest BCUT2D eigenvalue weighted by molar-refractivity contribution is -0.137. The van der Waals surface area contributed by atoms with E-state index in [9.17, 15) is 4.79 Å². The molecule has 0 aromatic heterocycles. The molecule has 1 aromatic rings. The molecule has 1 aromatic carbocycles. The van der Waals surface area contributed by atoms with E-state index in [4.69, 9.17) is 9.47 Å². The predicted molar refractivity (Wildman–Crippen MR) is 77.9 cm³/mol. The van der Waals surface area contributed by atoms with Gasteiger partial charge in [-0.25, -0.2) is 0 Å². The second kappa shape index (κ2) is 7.29. The zero-order valence-corrected chi connectivity index (χ0v) is 12.3. The molecule has 0 unspecified atom stereocenters. The largest absolute Gasteiger partial charge is 0.493 e.